The van der Waals surface area contributed by atoms with Gasteiger partial charge < -0.3 is 14.6 Å². The summed E-state index contributed by atoms with van der Waals surface area (Å²) in [7, 11) is 0. The molecule has 3 rings (SSSR count). The van der Waals surface area contributed by atoms with Crippen molar-refractivity contribution in [2.75, 3.05) is 32.0 Å². The van der Waals surface area contributed by atoms with E-state index in [1.54, 1.807) is 0 Å². The van der Waals surface area contributed by atoms with Gasteiger partial charge in [0.1, 0.15) is 5.75 Å². The summed E-state index contributed by atoms with van der Waals surface area (Å²) in [6, 6.07) is 6.24. The first-order chi connectivity index (χ1) is 15.3. The standard InChI is InChI=1S/C26H43N3OS/c1-2-3-4-5-6-7-8-9-10-14-20-30-23-15-16-24-25(22-23)28-26(27-24)31-21-19-29-17-12-11-13-18-29/h15-16,22H,2-14,17-21H2,1H3,(H,27,28). The molecule has 1 aromatic heterocycles. The van der Waals surface area contributed by atoms with Crippen LogP contribution in [0.15, 0.2) is 23.4 Å². The maximum atomic E-state index is 5.99. The second-order valence-corrected chi connectivity index (χ2v) is 10.1. The number of aromatic nitrogens is 2. The van der Waals surface area contributed by atoms with Gasteiger partial charge in [0.15, 0.2) is 5.16 Å². The van der Waals surface area contributed by atoms with E-state index in [4.69, 9.17) is 9.72 Å². The summed E-state index contributed by atoms with van der Waals surface area (Å²) in [5.41, 5.74) is 2.12. The Labute approximate surface area is 193 Å². The third-order valence-corrected chi connectivity index (χ3v) is 7.15. The molecule has 0 amide bonds. The first-order valence-electron chi connectivity index (χ1n) is 12.8. The molecule has 2 heterocycles. The Kier molecular flexibility index (Phi) is 11.7. The first-order valence-corrected chi connectivity index (χ1v) is 13.8. The van der Waals surface area contributed by atoms with Gasteiger partial charge in [0.2, 0.25) is 0 Å². The van der Waals surface area contributed by atoms with Crippen molar-refractivity contribution in [2.24, 2.45) is 0 Å². The van der Waals surface area contributed by atoms with Gasteiger partial charge in [-0.2, -0.15) is 0 Å². The zero-order valence-corrected chi connectivity index (χ0v) is 20.5. The summed E-state index contributed by atoms with van der Waals surface area (Å²) in [6.07, 6.45) is 17.7. The van der Waals surface area contributed by atoms with Crippen LogP contribution in [0.5, 0.6) is 5.75 Å². The third-order valence-electron chi connectivity index (χ3n) is 6.29. The van der Waals surface area contributed by atoms with Gasteiger partial charge in [0.05, 0.1) is 17.6 Å². The molecular formula is C26H43N3OS. The molecule has 1 aliphatic rings. The highest BCUT2D eigenvalue weighted by Gasteiger charge is 2.10. The number of rotatable bonds is 16. The molecule has 1 aliphatic heterocycles. The number of ether oxygens (including phenoxy) is 1. The lowest BCUT2D eigenvalue weighted by atomic mass is 10.1. The summed E-state index contributed by atoms with van der Waals surface area (Å²) >= 11 is 1.83. The molecule has 0 saturated carbocycles. The van der Waals surface area contributed by atoms with E-state index in [1.807, 2.05) is 11.8 Å². The molecular weight excluding hydrogens is 402 g/mol. The number of likely N-dealkylation sites (tertiary alicyclic amines) is 1. The van der Waals surface area contributed by atoms with E-state index in [1.165, 1.54) is 90.1 Å². The quantitative estimate of drug-likeness (QED) is 0.215. The molecule has 1 fully saturated rings. The first kappa shape index (κ1) is 24.4. The Hall–Kier alpha value is -1.20. The Morgan fingerprint density at radius 3 is 2.39 bits per heavy atom. The summed E-state index contributed by atoms with van der Waals surface area (Å²) < 4.78 is 5.99. The van der Waals surface area contributed by atoms with Gasteiger partial charge in [0, 0.05) is 18.4 Å². The minimum Gasteiger partial charge on any atom is -0.494 e. The van der Waals surface area contributed by atoms with Gasteiger partial charge in [-0.15, -0.1) is 0 Å². The van der Waals surface area contributed by atoms with Gasteiger partial charge >= 0.3 is 0 Å². The number of benzene rings is 1. The number of fused-ring (bicyclic) bond motifs is 1. The molecule has 0 aliphatic carbocycles. The van der Waals surface area contributed by atoms with E-state index in [0.29, 0.717) is 0 Å². The van der Waals surface area contributed by atoms with E-state index in [0.717, 1.165) is 47.3 Å². The predicted octanol–water partition coefficient (Wildman–Crippen LogP) is 7.44. The van der Waals surface area contributed by atoms with Gasteiger partial charge in [0.25, 0.3) is 0 Å². The average molecular weight is 446 g/mol. The molecule has 5 heteroatoms. The zero-order valence-electron chi connectivity index (χ0n) is 19.7. The van der Waals surface area contributed by atoms with Crippen LogP contribution >= 0.6 is 11.8 Å². The minimum absolute atomic E-state index is 0.813. The molecule has 31 heavy (non-hydrogen) atoms. The maximum absolute atomic E-state index is 5.99. The van der Waals surface area contributed by atoms with Crippen molar-refractivity contribution < 1.29 is 4.74 Å². The van der Waals surface area contributed by atoms with Crippen molar-refractivity contribution in [1.29, 1.82) is 0 Å². The number of hydrogen-bond acceptors (Lipinski definition) is 4. The summed E-state index contributed by atoms with van der Waals surface area (Å²) in [4.78, 5) is 10.8. The van der Waals surface area contributed by atoms with Crippen molar-refractivity contribution in [2.45, 2.75) is 95.6 Å². The van der Waals surface area contributed by atoms with Crippen LogP contribution < -0.4 is 4.74 Å². The van der Waals surface area contributed by atoms with E-state index in [2.05, 4.69) is 35.0 Å². The number of thioether (sulfide) groups is 1. The largest absolute Gasteiger partial charge is 0.494 e. The fourth-order valence-electron chi connectivity index (χ4n) is 4.36. The molecule has 174 valence electrons. The second-order valence-electron chi connectivity index (χ2n) is 9.00. The lowest BCUT2D eigenvalue weighted by Gasteiger charge is -2.25. The van der Waals surface area contributed by atoms with Gasteiger partial charge in [-0.25, -0.2) is 4.98 Å². The normalized spacial score (nSPS) is 15.0. The maximum Gasteiger partial charge on any atom is 0.166 e. The molecule has 2 aromatic rings. The molecule has 4 nitrogen and oxygen atoms in total. The van der Waals surface area contributed by atoms with E-state index in [-0.39, 0.29) is 0 Å². The predicted molar refractivity (Wildman–Crippen MR) is 134 cm³/mol. The van der Waals surface area contributed by atoms with Crippen LogP contribution in [0.4, 0.5) is 0 Å². The van der Waals surface area contributed by atoms with E-state index >= 15 is 0 Å². The second kappa shape index (κ2) is 14.8. The van der Waals surface area contributed by atoms with E-state index < -0.39 is 0 Å². The third kappa shape index (κ3) is 9.44. The summed E-state index contributed by atoms with van der Waals surface area (Å²) in [5, 5.41) is 1.03. The van der Waals surface area contributed by atoms with Crippen molar-refractivity contribution in [3.05, 3.63) is 18.2 Å². The van der Waals surface area contributed by atoms with Crippen LogP contribution in [0.2, 0.25) is 0 Å². The highest BCUT2D eigenvalue weighted by molar-refractivity contribution is 7.99. The molecule has 0 unspecified atom stereocenters. The Morgan fingerprint density at radius 2 is 1.65 bits per heavy atom. The SMILES string of the molecule is CCCCCCCCCCCCOc1ccc2nc(SCCN3CCCCC3)[nH]c2c1. The van der Waals surface area contributed by atoms with Gasteiger partial charge in [-0.05, 0) is 44.5 Å². The molecule has 1 N–H and O–H groups in total. The highest BCUT2D eigenvalue weighted by Crippen LogP contribution is 2.24. The number of piperidine rings is 1. The highest BCUT2D eigenvalue weighted by atomic mass is 32.2. The minimum atomic E-state index is 0.813. The Balaban J connectivity index is 1.27. The van der Waals surface area contributed by atoms with Crippen LogP contribution in [0.25, 0.3) is 11.0 Å². The molecule has 0 bridgehead atoms. The van der Waals surface area contributed by atoms with Gasteiger partial charge in [-0.1, -0.05) is 82.9 Å². The fraction of sp³-hybridized carbons (Fsp3) is 0.731. The molecule has 1 saturated heterocycles. The number of nitrogens with zero attached hydrogens (tertiary/aromatic N) is 2. The van der Waals surface area contributed by atoms with Crippen LogP contribution in [0.1, 0.15) is 90.4 Å². The fourth-order valence-corrected chi connectivity index (χ4v) is 5.25. The zero-order chi connectivity index (χ0) is 21.6. The van der Waals surface area contributed by atoms with Crippen LogP contribution in [-0.2, 0) is 0 Å². The number of H-pyrrole nitrogens is 1. The summed E-state index contributed by atoms with van der Waals surface area (Å²) in [5.74, 6) is 2.05. The Bertz CT molecular complexity index is 727. The van der Waals surface area contributed by atoms with Crippen molar-refractivity contribution in [1.82, 2.24) is 14.9 Å². The smallest absolute Gasteiger partial charge is 0.166 e. The topological polar surface area (TPSA) is 41.1 Å². The number of unbranched alkanes of at least 4 members (excludes halogenated alkanes) is 9. The number of imidazole rings is 1. The lowest BCUT2D eigenvalue weighted by Crippen LogP contribution is -2.31. The monoisotopic (exact) mass is 445 g/mol. The van der Waals surface area contributed by atoms with Gasteiger partial charge in [-0.3, -0.25) is 0 Å². The van der Waals surface area contributed by atoms with Crippen molar-refractivity contribution in [3.63, 3.8) is 0 Å². The number of aromatic amines is 1. The van der Waals surface area contributed by atoms with Crippen molar-refractivity contribution in [3.8, 4) is 5.75 Å². The van der Waals surface area contributed by atoms with Crippen LogP contribution in [0, 0.1) is 0 Å². The number of hydrogen-bond donors (Lipinski definition) is 1. The van der Waals surface area contributed by atoms with Crippen LogP contribution in [-0.4, -0.2) is 46.9 Å². The molecule has 0 spiro atoms. The summed E-state index contributed by atoms with van der Waals surface area (Å²) in [6.45, 7) is 6.78. The average Bonchev–Trinajstić information content (AvgIpc) is 3.20. The molecule has 0 atom stereocenters. The molecule has 1 aromatic carbocycles. The Morgan fingerprint density at radius 1 is 0.935 bits per heavy atom. The molecule has 0 radical (unpaired) electrons. The van der Waals surface area contributed by atoms with Crippen molar-refractivity contribution >= 4 is 22.8 Å². The number of nitrogens with one attached hydrogen (secondary N) is 1. The van der Waals surface area contributed by atoms with E-state index in [9.17, 15) is 0 Å². The lowest BCUT2D eigenvalue weighted by molar-refractivity contribution is 0.242. The van der Waals surface area contributed by atoms with Crippen LogP contribution in [0.3, 0.4) is 0 Å².